The number of hydrogen-bond donors (Lipinski definition) is 1. The molecule has 0 unspecified atom stereocenters. The summed E-state index contributed by atoms with van der Waals surface area (Å²) in [7, 11) is 1.97. The molecule has 0 aliphatic carbocycles. The van der Waals surface area contributed by atoms with Gasteiger partial charge in [-0.1, -0.05) is 18.2 Å². The van der Waals surface area contributed by atoms with Gasteiger partial charge in [0.15, 0.2) is 5.96 Å². The van der Waals surface area contributed by atoms with Crippen LogP contribution in [0.15, 0.2) is 60.0 Å². The highest BCUT2D eigenvalue weighted by Gasteiger charge is 2.07. The van der Waals surface area contributed by atoms with Crippen LogP contribution < -0.4 is 5.32 Å². The minimum Gasteiger partial charge on any atom is -0.357 e. The molecule has 1 N–H and O–H groups in total. The van der Waals surface area contributed by atoms with Gasteiger partial charge < -0.3 is 10.2 Å². The van der Waals surface area contributed by atoms with E-state index in [-0.39, 0.29) is 29.8 Å². The Morgan fingerprint density at radius 2 is 1.86 bits per heavy atom. The average Bonchev–Trinajstić information content (AvgIpc) is 3.13. The lowest BCUT2D eigenvalue weighted by atomic mass is 10.2. The second-order valence-corrected chi connectivity index (χ2v) is 6.52. The third-order valence-corrected chi connectivity index (χ3v) is 4.32. The number of pyridine rings is 1. The second kappa shape index (κ2) is 10.9. The van der Waals surface area contributed by atoms with Gasteiger partial charge in [0.05, 0.1) is 6.54 Å². The SMILES string of the molecule is CCNC(=NCc1ccc(-n2ccnc2C)nc1)N(C)Cc1ccc(F)cc1.I. The fraction of sp³-hybridized carbons (Fsp3) is 0.286. The molecule has 0 spiro atoms. The first kappa shape index (κ1) is 22.8. The number of rotatable bonds is 6. The Kier molecular flexibility index (Phi) is 8.56. The molecule has 0 amide bonds. The summed E-state index contributed by atoms with van der Waals surface area (Å²) in [5.74, 6) is 2.30. The molecule has 0 saturated carbocycles. The van der Waals surface area contributed by atoms with E-state index in [1.165, 1.54) is 12.1 Å². The smallest absolute Gasteiger partial charge is 0.194 e. The lowest BCUT2D eigenvalue weighted by molar-refractivity contribution is 0.476. The number of halogens is 2. The van der Waals surface area contributed by atoms with Crippen LogP contribution in [0.25, 0.3) is 5.82 Å². The maximum Gasteiger partial charge on any atom is 0.194 e. The van der Waals surface area contributed by atoms with E-state index in [1.54, 1.807) is 18.3 Å². The van der Waals surface area contributed by atoms with Gasteiger partial charge >= 0.3 is 0 Å². The number of guanidine groups is 1. The lowest BCUT2D eigenvalue weighted by Crippen LogP contribution is -2.38. The first-order valence-corrected chi connectivity index (χ1v) is 9.26. The Balaban J connectivity index is 0.00000300. The molecule has 3 rings (SSSR count). The molecule has 8 heteroatoms. The molecular formula is C21H26FIN6. The molecule has 154 valence electrons. The monoisotopic (exact) mass is 508 g/mol. The van der Waals surface area contributed by atoms with Crippen LogP contribution in [-0.2, 0) is 13.1 Å². The number of aryl methyl sites for hydroxylation is 1. The maximum atomic E-state index is 13.1. The minimum absolute atomic E-state index is 0. The summed E-state index contributed by atoms with van der Waals surface area (Å²) in [6.45, 7) is 5.91. The van der Waals surface area contributed by atoms with E-state index in [0.29, 0.717) is 13.1 Å². The quantitative estimate of drug-likeness (QED) is 0.312. The van der Waals surface area contributed by atoms with E-state index in [0.717, 1.165) is 35.3 Å². The molecule has 0 aliphatic heterocycles. The summed E-state index contributed by atoms with van der Waals surface area (Å²) in [5.41, 5.74) is 2.04. The van der Waals surface area contributed by atoms with Gasteiger partial charge in [-0.15, -0.1) is 24.0 Å². The summed E-state index contributed by atoms with van der Waals surface area (Å²) in [6.07, 6.45) is 5.49. The maximum absolute atomic E-state index is 13.1. The number of aliphatic imine (C=N–C) groups is 1. The highest BCUT2D eigenvalue weighted by atomic mass is 127. The van der Waals surface area contributed by atoms with Gasteiger partial charge in [-0.3, -0.25) is 4.57 Å². The Bertz CT molecular complexity index is 921. The fourth-order valence-electron chi connectivity index (χ4n) is 2.85. The molecule has 29 heavy (non-hydrogen) atoms. The van der Waals surface area contributed by atoms with Crippen LogP contribution in [0.5, 0.6) is 0 Å². The molecule has 1 aromatic carbocycles. The largest absolute Gasteiger partial charge is 0.357 e. The fourth-order valence-corrected chi connectivity index (χ4v) is 2.85. The predicted molar refractivity (Wildman–Crippen MR) is 124 cm³/mol. The topological polar surface area (TPSA) is 58.3 Å². The highest BCUT2D eigenvalue weighted by molar-refractivity contribution is 14.0. The van der Waals surface area contributed by atoms with E-state index in [9.17, 15) is 4.39 Å². The van der Waals surface area contributed by atoms with E-state index in [4.69, 9.17) is 4.99 Å². The van der Waals surface area contributed by atoms with Crippen molar-refractivity contribution < 1.29 is 4.39 Å². The van der Waals surface area contributed by atoms with Crippen molar-refractivity contribution in [1.82, 2.24) is 24.8 Å². The standard InChI is InChI=1S/C21H25FN6.HI/c1-4-23-21(27(3)15-17-5-8-19(22)9-6-17)26-14-18-7-10-20(25-13-18)28-12-11-24-16(28)2;/h5-13H,4,14-15H2,1-3H3,(H,23,26);1H. The Labute approximate surface area is 187 Å². The molecule has 0 saturated heterocycles. The molecule has 0 atom stereocenters. The number of benzene rings is 1. The third-order valence-electron chi connectivity index (χ3n) is 4.32. The molecule has 0 aliphatic rings. The number of nitrogens with one attached hydrogen (secondary N) is 1. The number of hydrogen-bond acceptors (Lipinski definition) is 3. The van der Waals surface area contributed by atoms with Crippen molar-refractivity contribution in [3.05, 3.63) is 77.8 Å². The molecule has 0 radical (unpaired) electrons. The molecule has 2 heterocycles. The van der Waals surface area contributed by atoms with Crippen LogP contribution in [0.3, 0.4) is 0 Å². The van der Waals surface area contributed by atoms with Crippen molar-refractivity contribution >= 4 is 29.9 Å². The molecule has 3 aromatic rings. The minimum atomic E-state index is -0.228. The first-order chi connectivity index (χ1) is 13.6. The van der Waals surface area contributed by atoms with Crippen molar-refractivity contribution in [2.24, 2.45) is 4.99 Å². The number of nitrogens with zero attached hydrogens (tertiary/aromatic N) is 5. The third kappa shape index (κ3) is 6.25. The summed E-state index contributed by atoms with van der Waals surface area (Å²) in [5, 5.41) is 3.29. The van der Waals surface area contributed by atoms with Gasteiger partial charge in [-0.25, -0.2) is 19.4 Å². The van der Waals surface area contributed by atoms with E-state index in [2.05, 4.69) is 15.3 Å². The van der Waals surface area contributed by atoms with Crippen LogP contribution in [0, 0.1) is 12.7 Å². The normalized spacial score (nSPS) is 11.1. The predicted octanol–water partition coefficient (Wildman–Crippen LogP) is 3.93. The van der Waals surface area contributed by atoms with Crippen LogP contribution in [0.4, 0.5) is 4.39 Å². The van der Waals surface area contributed by atoms with E-state index < -0.39 is 0 Å². The van der Waals surface area contributed by atoms with Crippen molar-refractivity contribution in [1.29, 1.82) is 0 Å². The zero-order chi connectivity index (χ0) is 19.9. The Morgan fingerprint density at radius 3 is 2.45 bits per heavy atom. The van der Waals surface area contributed by atoms with Gasteiger partial charge in [0, 0.05) is 38.7 Å². The van der Waals surface area contributed by atoms with Crippen molar-refractivity contribution in [3.8, 4) is 5.82 Å². The molecule has 2 aromatic heterocycles. The first-order valence-electron chi connectivity index (χ1n) is 9.26. The number of imidazole rings is 1. The summed E-state index contributed by atoms with van der Waals surface area (Å²) in [4.78, 5) is 15.5. The number of aromatic nitrogens is 3. The lowest BCUT2D eigenvalue weighted by Gasteiger charge is -2.22. The van der Waals surface area contributed by atoms with Crippen LogP contribution in [0.2, 0.25) is 0 Å². The van der Waals surface area contributed by atoms with Gasteiger partial charge in [-0.05, 0) is 43.2 Å². The van der Waals surface area contributed by atoms with Gasteiger partial charge in [0.2, 0.25) is 0 Å². The van der Waals surface area contributed by atoms with Gasteiger partial charge in [0.25, 0.3) is 0 Å². The van der Waals surface area contributed by atoms with Gasteiger partial charge in [0.1, 0.15) is 17.5 Å². The van der Waals surface area contributed by atoms with E-state index in [1.807, 2.05) is 54.9 Å². The summed E-state index contributed by atoms with van der Waals surface area (Å²) in [6, 6.07) is 10.5. The molecular weight excluding hydrogens is 482 g/mol. The van der Waals surface area contributed by atoms with E-state index >= 15 is 0 Å². The highest BCUT2D eigenvalue weighted by Crippen LogP contribution is 2.10. The second-order valence-electron chi connectivity index (χ2n) is 6.52. The van der Waals surface area contributed by atoms with Crippen LogP contribution in [0.1, 0.15) is 23.9 Å². The zero-order valence-electron chi connectivity index (χ0n) is 16.8. The van der Waals surface area contributed by atoms with Crippen molar-refractivity contribution in [3.63, 3.8) is 0 Å². The molecule has 0 fully saturated rings. The summed E-state index contributed by atoms with van der Waals surface area (Å²) < 4.78 is 15.0. The summed E-state index contributed by atoms with van der Waals surface area (Å²) >= 11 is 0. The van der Waals surface area contributed by atoms with Crippen molar-refractivity contribution in [2.75, 3.05) is 13.6 Å². The average molecular weight is 508 g/mol. The molecule has 0 bridgehead atoms. The Hall–Kier alpha value is -2.49. The zero-order valence-corrected chi connectivity index (χ0v) is 19.2. The van der Waals surface area contributed by atoms with Gasteiger partial charge in [-0.2, -0.15) is 0 Å². The van der Waals surface area contributed by atoms with Crippen LogP contribution in [-0.4, -0.2) is 39.0 Å². The Morgan fingerprint density at radius 1 is 1.14 bits per heavy atom. The van der Waals surface area contributed by atoms with Crippen LogP contribution >= 0.6 is 24.0 Å². The van der Waals surface area contributed by atoms with Crippen molar-refractivity contribution in [2.45, 2.75) is 26.9 Å². The molecule has 6 nitrogen and oxygen atoms in total.